The van der Waals surface area contributed by atoms with Crippen LogP contribution < -0.4 is 4.74 Å². The van der Waals surface area contributed by atoms with Crippen LogP contribution in [0.25, 0.3) is 0 Å². The molecule has 0 amide bonds. The molecule has 0 bridgehead atoms. The second-order valence-electron chi connectivity index (χ2n) is 4.14. The molecule has 0 N–H and O–H groups in total. The molecule has 1 aliphatic carbocycles. The van der Waals surface area contributed by atoms with Crippen molar-refractivity contribution in [1.82, 2.24) is 0 Å². The van der Waals surface area contributed by atoms with Gasteiger partial charge in [0.15, 0.2) is 0 Å². The number of rotatable bonds is 4. The maximum Gasteiger partial charge on any atom is 0.118 e. The molecule has 2 atom stereocenters. The van der Waals surface area contributed by atoms with E-state index >= 15 is 0 Å². The van der Waals surface area contributed by atoms with Gasteiger partial charge in [0.05, 0.1) is 19.8 Å². The van der Waals surface area contributed by atoms with Gasteiger partial charge >= 0.3 is 0 Å². The van der Waals surface area contributed by atoms with Crippen molar-refractivity contribution in [2.24, 2.45) is 0 Å². The van der Waals surface area contributed by atoms with Crippen molar-refractivity contribution in [2.75, 3.05) is 7.11 Å². The molecule has 0 aliphatic heterocycles. The summed E-state index contributed by atoms with van der Waals surface area (Å²) in [6.45, 7) is 0.716. The summed E-state index contributed by atoms with van der Waals surface area (Å²) in [5, 5.41) is 0. The molecular weight excluding hydrogens is 315 g/mol. The molecule has 16 heavy (non-hydrogen) atoms. The fourth-order valence-electron chi connectivity index (χ4n) is 1.99. The normalized spacial score (nSPS) is 24.6. The minimum atomic E-state index is 0.447. The number of halogens is 1. The van der Waals surface area contributed by atoms with Gasteiger partial charge < -0.3 is 9.47 Å². The SMILES string of the molecule is COc1ccc(COC2CCCC2I)cc1. The maximum absolute atomic E-state index is 5.93. The van der Waals surface area contributed by atoms with Gasteiger partial charge in [0.2, 0.25) is 0 Å². The molecule has 1 saturated carbocycles. The molecule has 1 fully saturated rings. The Kier molecular flexibility index (Phi) is 4.46. The van der Waals surface area contributed by atoms with Crippen molar-refractivity contribution in [3.05, 3.63) is 29.8 Å². The van der Waals surface area contributed by atoms with Gasteiger partial charge in [-0.3, -0.25) is 0 Å². The second-order valence-corrected chi connectivity index (χ2v) is 5.74. The van der Waals surface area contributed by atoms with Crippen LogP contribution in [0.5, 0.6) is 5.75 Å². The van der Waals surface area contributed by atoms with E-state index in [0.29, 0.717) is 16.6 Å². The number of alkyl halides is 1. The number of methoxy groups -OCH3 is 1. The summed E-state index contributed by atoms with van der Waals surface area (Å²) < 4.78 is 11.7. The fourth-order valence-corrected chi connectivity index (χ4v) is 3.00. The zero-order valence-electron chi connectivity index (χ0n) is 9.49. The Hall–Kier alpha value is -0.290. The van der Waals surface area contributed by atoms with Gasteiger partial charge in [0.25, 0.3) is 0 Å². The summed E-state index contributed by atoms with van der Waals surface area (Å²) >= 11 is 2.50. The van der Waals surface area contributed by atoms with Crippen LogP contribution in [-0.4, -0.2) is 17.1 Å². The first-order valence-electron chi connectivity index (χ1n) is 5.68. The van der Waals surface area contributed by atoms with Gasteiger partial charge in [-0.15, -0.1) is 0 Å². The summed E-state index contributed by atoms with van der Waals surface area (Å²) in [5.74, 6) is 0.899. The molecule has 88 valence electrons. The third kappa shape index (κ3) is 3.10. The van der Waals surface area contributed by atoms with E-state index in [0.717, 1.165) is 5.75 Å². The van der Waals surface area contributed by atoms with Crippen molar-refractivity contribution >= 4 is 22.6 Å². The molecule has 2 nitrogen and oxygen atoms in total. The minimum absolute atomic E-state index is 0.447. The van der Waals surface area contributed by atoms with Gasteiger partial charge in [-0.25, -0.2) is 0 Å². The third-order valence-electron chi connectivity index (χ3n) is 3.00. The second kappa shape index (κ2) is 5.87. The van der Waals surface area contributed by atoms with Crippen molar-refractivity contribution in [3.63, 3.8) is 0 Å². The lowest BCUT2D eigenvalue weighted by atomic mass is 10.2. The average Bonchev–Trinajstić information content (AvgIpc) is 2.73. The summed E-state index contributed by atoms with van der Waals surface area (Å²) in [5.41, 5.74) is 1.22. The van der Waals surface area contributed by atoms with Crippen LogP contribution in [0.3, 0.4) is 0 Å². The van der Waals surface area contributed by atoms with Crippen LogP contribution in [0.4, 0.5) is 0 Å². The molecule has 2 unspecified atom stereocenters. The van der Waals surface area contributed by atoms with Crippen LogP contribution in [0, 0.1) is 0 Å². The van der Waals surface area contributed by atoms with Crippen molar-refractivity contribution in [1.29, 1.82) is 0 Å². The highest BCUT2D eigenvalue weighted by atomic mass is 127. The quantitative estimate of drug-likeness (QED) is 0.620. The van der Waals surface area contributed by atoms with Crippen LogP contribution in [-0.2, 0) is 11.3 Å². The van der Waals surface area contributed by atoms with Crippen LogP contribution in [0.2, 0.25) is 0 Å². The van der Waals surface area contributed by atoms with E-state index in [4.69, 9.17) is 9.47 Å². The third-order valence-corrected chi connectivity index (χ3v) is 4.42. The predicted molar refractivity (Wildman–Crippen MR) is 73.2 cm³/mol. The average molecular weight is 332 g/mol. The van der Waals surface area contributed by atoms with E-state index in [-0.39, 0.29) is 0 Å². The molecule has 0 radical (unpaired) electrons. The smallest absolute Gasteiger partial charge is 0.118 e. The van der Waals surface area contributed by atoms with E-state index < -0.39 is 0 Å². The maximum atomic E-state index is 5.93. The first kappa shape index (κ1) is 12.2. The molecular formula is C13H17IO2. The molecule has 3 heteroatoms. The van der Waals surface area contributed by atoms with Gasteiger partial charge in [0, 0.05) is 3.92 Å². The number of hydrogen-bond acceptors (Lipinski definition) is 2. The Morgan fingerprint density at radius 1 is 1.25 bits per heavy atom. The van der Waals surface area contributed by atoms with Crippen molar-refractivity contribution in [3.8, 4) is 5.75 Å². The monoisotopic (exact) mass is 332 g/mol. The predicted octanol–water partition coefficient (Wildman–Crippen LogP) is 3.57. The summed E-state index contributed by atoms with van der Waals surface area (Å²) in [7, 11) is 1.69. The van der Waals surface area contributed by atoms with Crippen molar-refractivity contribution < 1.29 is 9.47 Å². The van der Waals surface area contributed by atoms with Gasteiger partial charge in [-0.1, -0.05) is 34.7 Å². The van der Waals surface area contributed by atoms with Crippen LogP contribution >= 0.6 is 22.6 Å². The number of benzene rings is 1. The fraction of sp³-hybridized carbons (Fsp3) is 0.538. The van der Waals surface area contributed by atoms with E-state index in [1.54, 1.807) is 7.11 Å². The van der Waals surface area contributed by atoms with E-state index in [1.807, 2.05) is 12.1 Å². The summed E-state index contributed by atoms with van der Waals surface area (Å²) in [6, 6.07) is 8.09. The molecule has 0 aromatic heterocycles. The highest BCUT2D eigenvalue weighted by molar-refractivity contribution is 14.1. The van der Waals surface area contributed by atoms with E-state index in [9.17, 15) is 0 Å². The Morgan fingerprint density at radius 3 is 2.56 bits per heavy atom. The lowest BCUT2D eigenvalue weighted by molar-refractivity contribution is 0.0514. The molecule has 1 aromatic carbocycles. The summed E-state index contributed by atoms with van der Waals surface area (Å²) in [6.07, 6.45) is 4.26. The molecule has 0 saturated heterocycles. The lowest BCUT2D eigenvalue weighted by Crippen LogP contribution is -2.17. The standard InChI is InChI=1S/C13H17IO2/c1-15-11-7-5-10(6-8-11)9-16-13-4-2-3-12(13)14/h5-8,12-13H,2-4,9H2,1H3. The van der Waals surface area contributed by atoms with Crippen molar-refractivity contribution in [2.45, 2.75) is 35.9 Å². The Bertz CT molecular complexity index is 323. The molecule has 2 rings (SSSR count). The number of hydrogen-bond donors (Lipinski definition) is 0. The lowest BCUT2D eigenvalue weighted by Gasteiger charge is -2.15. The highest BCUT2D eigenvalue weighted by Crippen LogP contribution is 2.29. The Balaban J connectivity index is 1.84. The van der Waals surface area contributed by atoms with E-state index in [1.165, 1.54) is 24.8 Å². The van der Waals surface area contributed by atoms with Gasteiger partial charge in [0.1, 0.15) is 5.75 Å². The first-order chi connectivity index (χ1) is 7.79. The largest absolute Gasteiger partial charge is 0.497 e. The molecule has 1 aromatic rings. The Labute approximate surface area is 110 Å². The van der Waals surface area contributed by atoms with Gasteiger partial charge in [-0.05, 0) is 37.0 Å². The highest BCUT2D eigenvalue weighted by Gasteiger charge is 2.25. The first-order valence-corrected chi connectivity index (χ1v) is 6.93. The Morgan fingerprint density at radius 2 is 2.00 bits per heavy atom. The zero-order valence-corrected chi connectivity index (χ0v) is 11.6. The topological polar surface area (TPSA) is 18.5 Å². The minimum Gasteiger partial charge on any atom is -0.497 e. The van der Waals surface area contributed by atoms with Crippen LogP contribution in [0.15, 0.2) is 24.3 Å². The molecule has 1 aliphatic rings. The number of ether oxygens (including phenoxy) is 2. The van der Waals surface area contributed by atoms with E-state index in [2.05, 4.69) is 34.7 Å². The molecule has 0 spiro atoms. The zero-order chi connectivity index (χ0) is 11.4. The molecule has 0 heterocycles. The van der Waals surface area contributed by atoms with Gasteiger partial charge in [-0.2, -0.15) is 0 Å². The summed E-state index contributed by atoms with van der Waals surface area (Å²) in [4.78, 5) is 0. The van der Waals surface area contributed by atoms with Crippen LogP contribution in [0.1, 0.15) is 24.8 Å².